The summed E-state index contributed by atoms with van der Waals surface area (Å²) in [7, 11) is 0. The highest BCUT2D eigenvalue weighted by Crippen LogP contribution is 2.34. The number of benzene rings is 3. The number of carboxylic acid groups (broad SMARTS) is 1. The topological polar surface area (TPSA) is 75.6 Å². The molecule has 0 fully saturated rings. The van der Waals surface area contributed by atoms with Gasteiger partial charge < -0.3 is 15.2 Å². The number of amides is 1. The molecule has 3 aromatic rings. The summed E-state index contributed by atoms with van der Waals surface area (Å²) in [6, 6.07) is 16.4. The molecule has 0 heterocycles. The SMILES string of the molecule is CCC(CCc1ccc(C(=O)NCCC(=O)O)cc1)COc1cc(C)c(-c2ccc(C(F)(F)F)cc2)c(C)c1. The maximum atomic E-state index is 12.9. The van der Waals surface area contributed by atoms with Gasteiger partial charge >= 0.3 is 12.1 Å². The second-order valence-corrected chi connectivity index (χ2v) is 9.73. The standard InChI is InChI=1S/C31H34F3NO4/c1-4-22(5-6-23-7-9-25(10-8-23)30(38)35-16-15-28(36)37)19-39-27-17-20(2)29(21(3)18-27)24-11-13-26(14-12-24)31(32,33)34/h7-14,17-18,22H,4-6,15-16,19H2,1-3H3,(H,35,38)(H,36,37). The molecule has 1 unspecified atom stereocenters. The summed E-state index contributed by atoms with van der Waals surface area (Å²) in [4.78, 5) is 22.7. The van der Waals surface area contributed by atoms with E-state index in [1.807, 2.05) is 38.1 Å². The van der Waals surface area contributed by atoms with Gasteiger partial charge in [-0.15, -0.1) is 0 Å². The van der Waals surface area contributed by atoms with Crippen molar-refractivity contribution in [3.05, 3.63) is 88.5 Å². The Bertz CT molecular complexity index is 1250. The van der Waals surface area contributed by atoms with Crippen LogP contribution in [-0.2, 0) is 17.4 Å². The third-order valence-corrected chi connectivity index (χ3v) is 6.75. The van der Waals surface area contributed by atoms with Crippen LogP contribution in [0.1, 0.15) is 58.8 Å². The largest absolute Gasteiger partial charge is 0.493 e. The smallest absolute Gasteiger partial charge is 0.416 e. The minimum absolute atomic E-state index is 0.0882. The van der Waals surface area contributed by atoms with E-state index < -0.39 is 17.7 Å². The maximum Gasteiger partial charge on any atom is 0.416 e. The molecule has 1 atom stereocenters. The molecule has 0 radical (unpaired) electrons. The van der Waals surface area contributed by atoms with Crippen molar-refractivity contribution in [2.24, 2.45) is 5.92 Å². The van der Waals surface area contributed by atoms with Crippen LogP contribution in [0.4, 0.5) is 13.2 Å². The van der Waals surface area contributed by atoms with Crippen LogP contribution in [-0.4, -0.2) is 30.1 Å². The summed E-state index contributed by atoms with van der Waals surface area (Å²) in [6.07, 6.45) is -1.81. The molecule has 8 heteroatoms. The van der Waals surface area contributed by atoms with Gasteiger partial charge in [0.25, 0.3) is 5.91 Å². The molecule has 0 bridgehead atoms. The first kappa shape index (κ1) is 29.7. The molecule has 5 nitrogen and oxygen atoms in total. The average Bonchev–Trinajstić information content (AvgIpc) is 2.88. The predicted molar refractivity (Wildman–Crippen MR) is 145 cm³/mol. The number of carbonyl (C=O) groups excluding carboxylic acids is 1. The Morgan fingerprint density at radius 2 is 1.59 bits per heavy atom. The Labute approximate surface area is 227 Å². The van der Waals surface area contributed by atoms with Crippen molar-refractivity contribution in [3.8, 4) is 16.9 Å². The van der Waals surface area contributed by atoms with E-state index in [2.05, 4.69) is 12.2 Å². The summed E-state index contributed by atoms with van der Waals surface area (Å²) < 4.78 is 44.9. The first-order valence-corrected chi connectivity index (χ1v) is 13.0. The van der Waals surface area contributed by atoms with Gasteiger partial charge in [0, 0.05) is 12.1 Å². The van der Waals surface area contributed by atoms with Crippen molar-refractivity contribution < 1.29 is 32.6 Å². The molecule has 3 aromatic carbocycles. The van der Waals surface area contributed by atoms with Gasteiger partial charge in [-0.1, -0.05) is 37.6 Å². The van der Waals surface area contributed by atoms with Gasteiger partial charge in [-0.2, -0.15) is 13.2 Å². The molecule has 0 saturated carbocycles. The Balaban J connectivity index is 1.55. The predicted octanol–water partition coefficient (Wildman–Crippen LogP) is 7.23. The van der Waals surface area contributed by atoms with Gasteiger partial charge in [0.15, 0.2) is 0 Å². The summed E-state index contributed by atoms with van der Waals surface area (Å²) in [5.74, 6) is -0.199. The molecule has 0 aliphatic carbocycles. The lowest BCUT2D eigenvalue weighted by atomic mass is 9.94. The molecule has 0 aliphatic rings. The number of carboxylic acids is 1. The molecule has 1 amide bonds. The zero-order valence-corrected chi connectivity index (χ0v) is 22.4. The molecule has 3 rings (SSSR count). The quantitative estimate of drug-likeness (QED) is 0.254. The zero-order valence-electron chi connectivity index (χ0n) is 22.4. The van der Waals surface area contributed by atoms with E-state index in [0.29, 0.717) is 18.1 Å². The third kappa shape index (κ3) is 8.60. The zero-order chi connectivity index (χ0) is 28.6. The fraction of sp³-hybridized carbons (Fsp3) is 0.355. The van der Waals surface area contributed by atoms with Crippen LogP contribution in [0.3, 0.4) is 0 Å². The van der Waals surface area contributed by atoms with Gasteiger partial charge in [-0.05, 0) is 96.8 Å². The van der Waals surface area contributed by atoms with Crippen molar-refractivity contribution in [2.75, 3.05) is 13.2 Å². The molecular weight excluding hydrogens is 507 g/mol. The summed E-state index contributed by atoms with van der Waals surface area (Å²) >= 11 is 0. The van der Waals surface area contributed by atoms with E-state index in [0.717, 1.165) is 65.0 Å². The van der Waals surface area contributed by atoms with Gasteiger partial charge in [0.05, 0.1) is 18.6 Å². The molecule has 0 spiro atoms. The fourth-order valence-electron chi connectivity index (χ4n) is 4.49. The molecular formula is C31H34F3NO4. The minimum Gasteiger partial charge on any atom is -0.493 e. The number of aliphatic carboxylic acids is 1. The average molecular weight is 542 g/mol. The summed E-state index contributed by atoms with van der Waals surface area (Å²) in [5, 5.41) is 11.3. The number of carbonyl (C=O) groups is 2. The minimum atomic E-state index is -4.36. The lowest BCUT2D eigenvalue weighted by Gasteiger charge is -2.18. The monoisotopic (exact) mass is 541 g/mol. The number of rotatable bonds is 12. The van der Waals surface area contributed by atoms with Gasteiger partial charge in [0.1, 0.15) is 5.75 Å². The molecule has 208 valence electrons. The molecule has 0 aromatic heterocycles. The lowest BCUT2D eigenvalue weighted by molar-refractivity contribution is -0.138. The molecule has 39 heavy (non-hydrogen) atoms. The number of hydrogen-bond donors (Lipinski definition) is 2. The van der Waals surface area contributed by atoms with E-state index in [1.54, 1.807) is 12.1 Å². The second-order valence-electron chi connectivity index (χ2n) is 9.73. The van der Waals surface area contributed by atoms with Crippen molar-refractivity contribution in [2.45, 2.75) is 52.6 Å². The van der Waals surface area contributed by atoms with Gasteiger partial charge in [-0.3, -0.25) is 9.59 Å². The van der Waals surface area contributed by atoms with E-state index in [9.17, 15) is 22.8 Å². The van der Waals surface area contributed by atoms with Crippen LogP contribution >= 0.6 is 0 Å². The molecule has 0 aliphatic heterocycles. The highest BCUT2D eigenvalue weighted by atomic mass is 19.4. The van der Waals surface area contributed by atoms with Crippen molar-refractivity contribution in [1.29, 1.82) is 0 Å². The number of hydrogen-bond acceptors (Lipinski definition) is 3. The molecule has 0 saturated heterocycles. The number of aryl methyl sites for hydroxylation is 3. The van der Waals surface area contributed by atoms with E-state index >= 15 is 0 Å². The van der Waals surface area contributed by atoms with Crippen LogP contribution in [0, 0.1) is 19.8 Å². The maximum absolute atomic E-state index is 12.9. The Kier molecular flexibility index (Phi) is 10.2. The third-order valence-electron chi connectivity index (χ3n) is 6.75. The number of nitrogens with one attached hydrogen (secondary N) is 1. The summed E-state index contributed by atoms with van der Waals surface area (Å²) in [5.41, 5.74) is 4.44. The highest BCUT2D eigenvalue weighted by molar-refractivity contribution is 5.94. The first-order chi connectivity index (χ1) is 18.5. The number of halogens is 3. The second kappa shape index (κ2) is 13.3. The van der Waals surface area contributed by atoms with Crippen LogP contribution in [0.15, 0.2) is 60.7 Å². The van der Waals surface area contributed by atoms with Gasteiger partial charge in [0.2, 0.25) is 0 Å². The first-order valence-electron chi connectivity index (χ1n) is 13.0. The van der Waals surface area contributed by atoms with Crippen molar-refractivity contribution in [3.63, 3.8) is 0 Å². The van der Waals surface area contributed by atoms with E-state index in [4.69, 9.17) is 9.84 Å². The fourth-order valence-corrected chi connectivity index (χ4v) is 4.49. The Morgan fingerprint density at radius 3 is 2.13 bits per heavy atom. The van der Waals surface area contributed by atoms with Crippen LogP contribution < -0.4 is 10.1 Å². The van der Waals surface area contributed by atoms with E-state index in [1.165, 1.54) is 12.1 Å². The molecule has 2 N–H and O–H groups in total. The highest BCUT2D eigenvalue weighted by Gasteiger charge is 2.30. The van der Waals surface area contributed by atoms with E-state index in [-0.39, 0.29) is 18.9 Å². The summed E-state index contributed by atoms with van der Waals surface area (Å²) in [6.45, 7) is 6.60. The lowest BCUT2D eigenvalue weighted by Crippen LogP contribution is -2.25. The normalized spacial score (nSPS) is 12.2. The van der Waals surface area contributed by atoms with Crippen molar-refractivity contribution in [1.82, 2.24) is 5.32 Å². The van der Waals surface area contributed by atoms with Crippen molar-refractivity contribution >= 4 is 11.9 Å². The Hall–Kier alpha value is -3.81. The van der Waals surface area contributed by atoms with Crippen LogP contribution in [0.2, 0.25) is 0 Å². The number of ether oxygens (including phenoxy) is 1. The number of alkyl halides is 3. The Morgan fingerprint density at radius 1 is 0.974 bits per heavy atom. The van der Waals surface area contributed by atoms with Gasteiger partial charge in [-0.25, -0.2) is 0 Å². The van der Waals surface area contributed by atoms with Crippen LogP contribution in [0.5, 0.6) is 5.75 Å². The van der Waals surface area contributed by atoms with Crippen LogP contribution in [0.25, 0.3) is 11.1 Å².